The summed E-state index contributed by atoms with van der Waals surface area (Å²) in [5, 5.41) is 0. The van der Waals surface area contributed by atoms with E-state index in [-0.39, 0.29) is 18.2 Å². The molecule has 3 saturated heterocycles. The monoisotopic (exact) mass is 363 g/mol. The lowest BCUT2D eigenvalue weighted by Gasteiger charge is -2.28. The van der Waals surface area contributed by atoms with Crippen molar-refractivity contribution in [1.29, 1.82) is 0 Å². The van der Waals surface area contributed by atoms with E-state index in [4.69, 9.17) is 9.47 Å². The molecule has 1 aromatic rings. The highest BCUT2D eigenvalue weighted by molar-refractivity contribution is 5.71. The highest BCUT2D eigenvalue weighted by Crippen LogP contribution is 2.28. The summed E-state index contributed by atoms with van der Waals surface area (Å²) in [7, 11) is 0. The van der Waals surface area contributed by atoms with Gasteiger partial charge in [0.15, 0.2) is 0 Å². The van der Waals surface area contributed by atoms with E-state index in [0.29, 0.717) is 0 Å². The Morgan fingerprint density at radius 1 is 1.19 bits per heavy atom. The van der Waals surface area contributed by atoms with Gasteiger partial charge in [-0.25, -0.2) is 9.78 Å². The van der Waals surface area contributed by atoms with E-state index < -0.39 is 0 Å². The first kappa shape index (κ1) is 17.8. The van der Waals surface area contributed by atoms with Gasteiger partial charge in [-0.2, -0.15) is 0 Å². The van der Waals surface area contributed by atoms with Gasteiger partial charge in [-0.1, -0.05) is 0 Å². The van der Waals surface area contributed by atoms with Crippen LogP contribution in [0.5, 0.6) is 0 Å². The average Bonchev–Trinajstić information content (AvgIpc) is 3.32. The standard InChI is InChI=1S/C18H29N5O3/c1-2-22-7-4-19-17(22)14-21-12-15-16(13-21)26-18(24)23(15)6-3-5-20-8-10-25-11-9-20/h4,7,15-16H,2-3,5-6,8-14H2,1H3/t15-,16+/m1/s1. The number of fused-ring (bicyclic) bond motifs is 1. The maximum atomic E-state index is 12.2. The zero-order chi connectivity index (χ0) is 17.9. The van der Waals surface area contributed by atoms with Gasteiger partial charge in [-0.05, 0) is 13.3 Å². The second-order valence-corrected chi connectivity index (χ2v) is 7.31. The molecule has 0 radical (unpaired) electrons. The van der Waals surface area contributed by atoms with E-state index in [1.54, 1.807) is 0 Å². The van der Waals surface area contributed by atoms with Crippen molar-refractivity contribution in [2.24, 2.45) is 0 Å². The summed E-state index contributed by atoms with van der Waals surface area (Å²) in [6.07, 6.45) is 4.71. The fourth-order valence-electron chi connectivity index (χ4n) is 4.24. The van der Waals surface area contributed by atoms with Gasteiger partial charge in [-0.15, -0.1) is 0 Å². The molecule has 3 aliphatic heterocycles. The van der Waals surface area contributed by atoms with Crippen LogP contribution in [0.15, 0.2) is 12.4 Å². The molecule has 0 N–H and O–H groups in total. The van der Waals surface area contributed by atoms with Crippen LogP contribution >= 0.6 is 0 Å². The fourth-order valence-corrected chi connectivity index (χ4v) is 4.24. The molecule has 0 bridgehead atoms. The van der Waals surface area contributed by atoms with Crippen molar-refractivity contribution >= 4 is 6.09 Å². The number of amides is 1. The van der Waals surface area contributed by atoms with Gasteiger partial charge in [-0.3, -0.25) is 9.80 Å². The van der Waals surface area contributed by atoms with Crippen molar-refractivity contribution in [2.45, 2.75) is 38.6 Å². The quantitative estimate of drug-likeness (QED) is 0.708. The minimum atomic E-state index is -0.142. The molecule has 1 aromatic heterocycles. The van der Waals surface area contributed by atoms with Crippen LogP contribution in [0, 0.1) is 0 Å². The zero-order valence-electron chi connectivity index (χ0n) is 15.5. The molecule has 1 amide bonds. The molecular formula is C18H29N5O3. The van der Waals surface area contributed by atoms with Crippen LogP contribution in [0.25, 0.3) is 0 Å². The first-order valence-corrected chi connectivity index (χ1v) is 9.74. The molecule has 144 valence electrons. The number of hydrogen-bond donors (Lipinski definition) is 0. The molecule has 0 aliphatic carbocycles. The number of aryl methyl sites for hydroxylation is 1. The highest BCUT2D eigenvalue weighted by atomic mass is 16.6. The lowest BCUT2D eigenvalue weighted by molar-refractivity contribution is 0.0362. The van der Waals surface area contributed by atoms with E-state index in [0.717, 1.165) is 77.8 Å². The first-order valence-electron chi connectivity index (χ1n) is 9.74. The van der Waals surface area contributed by atoms with Crippen LogP contribution in [0.3, 0.4) is 0 Å². The molecule has 0 spiro atoms. The molecule has 3 aliphatic rings. The van der Waals surface area contributed by atoms with Crippen molar-refractivity contribution in [3.63, 3.8) is 0 Å². The molecule has 0 saturated carbocycles. The molecule has 26 heavy (non-hydrogen) atoms. The highest BCUT2D eigenvalue weighted by Gasteiger charge is 2.47. The van der Waals surface area contributed by atoms with Crippen LogP contribution in [-0.4, -0.2) is 95.0 Å². The molecule has 4 rings (SSSR count). The van der Waals surface area contributed by atoms with Crippen LogP contribution in [0.2, 0.25) is 0 Å². The number of ether oxygens (including phenoxy) is 2. The Hall–Kier alpha value is -1.64. The van der Waals surface area contributed by atoms with Crippen molar-refractivity contribution < 1.29 is 14.3 Å². The number of likely N-dealkylation sites (tertiary alicyclic amines) is 1. The molecule has 4 heterocycles. The Morgan fingerprint density at radius 3 is 2.85 bits per heavy atom. The number of rotatable bonds is 7. The minimum Gasteiger partial charge on any atom is -0.442 e. The number of nitrogens with zero attached hydrogens (tertiary/aromatic N) is 5. The molecular weight excluding hydrogens is 334 g/mol. The van der Waals surface area contributed by atoms with Crippen LogP contribution in [0.1, 0.15) is 19.2 Å². The van der Waals surface area contributed by atoms with Crippen molar-refractivity contribution in [3.8, 4) is 0 Å². The zero-order valence-corrected chi connectivity index (χ0v) is 15.5. The largest absolute Gasteiger partial charge is 0.442 e. The lowest BCUT2D eigenvalue weighted by Crippen LogP contribution is -2.41. The van der Waals surface area contributed by atoms with Gasteiger partial charge < -0.3 is 18.9 Å². The van der Waals surface area contributed by atoms with Gasteiger partial charge in [0, 0.05) is 58.2 Å². The summed E-state index contributed by atoms with van der Waals surface area (Å²) in [5.41, 5.74) is 0. The van der Waals surface area contributed by atoms with Crippen LogP contribution in [0.4, 0.5) is 4.79 Å². The molecule has 0 unspecified atom stereocenters. The summed E-state index contributed by atoms with van der Waals surface area (Å²) in [5.74, 6) is 1.08. The number of carbonyl (C=O) groups excluding carboxylic acids is 1. The Bertz CT molecular complexity index is 616. The minimum absolute atomic E-state index is 0.00377. The Labute approximate surface area is 154 Å². The Balaban J connectivity index is 1.28. The Kier molecular flexibility index (Phi) is 5.42. The maximum Gasteiger partial charge on any atom is 0.410 e. The first-order chi connectivity index (χ1) is 12.7. The number of hydrogen-bond acceptors (Lipinski definition) is 6. The third-order valence-corrected chi connectivity index (χ3v) is 5.68. The molecule has 8 heteroatoms. The second-order valence-electron chi connectivity index (χ2n) is 7.31. The van der Waals surface area contributed by atoms with E-state index in [9.17, 15) is 4.79 Å². The summed E-state index contributed by atoms with van der Waals surface area (Å²) in [6.45, 7) is 10.9. The lowest BCUT2D eigenvalue weighted by atomic mass is 10.2. The fraction of sp³-hybridized carbons (Fsp3) is 0.778. The number of aromatic nitrogens is 2. The maximum absolute atomic E-state index is 12.2. The van der Waals surface area contributed by atoms with Gasteiger partial charge in [0.2, 0.25) is 0 Å². The van der Waals surface area contributed by atoms with E-state index in [1.807, 2.05) is 17.3 Å². The molecule has 2 atom stereocenters. The molecule has 3 fully saturated rings. The summed E-state index contributed by atoms with van der Waals surface area (Å²) >= 11 is 0. The summed E-state index contributed by atoms with van der Waals surface area (Å²) < 4.78 is 13.2. The van der Waals surface area contributed by atoms with E-state index in [1.165, 1.54) is 0 Å². The smallest absolute Gasteiger partial charge is 0.410 e. The number of morpholine rings is 1. The van der Waals surface area contributed by atoms with Crippen molar-refractivity contribution in [2.75, 3.05) is 52.5 Å². The third-order valence-electron chi connectivity index (χ3n) is 5.68. The van der Waals surface area contributed by atoms with Gasteiger partial charge >= 0.3 is 6.09 Å². The van der Waals surface area contributed by atoms with Crippen LogP contribution in [-0.2, 0) is 22.6 Å². The molecule has 8 nitrogen and oxygen atoms in total. The predicted octanol–water partition coefficient (Wildman–Crippen LogP) is 0.630. The van der Waals surface area contributed by atoms with Gasteiger partial charge in [0.05, 0.1) is 25.8 Å². The topological polar surface area (TPSA) is 63.1 Å². The Morgan fingerprint density at radius 2 is 2.04 bits per heavy atom. The van der Waals surface area contributed by atoms with E-state index >= 15 is 0 Å². The van der Waals surface area contributed by atoms with E-state index in [2.05, 4.69) is 26.3 Å². The van der Waals surface area contributed by atoms with Crippen LogP contribution < -0.4 is 0 Å². The van der Waals surface area contributed by atoms with Gasteiger partial charge in [0.25, 0.3) is 0 Å². The van der Waals surface area contributed by atoms with Crippen molar-refractivity contribution in [1.82, 2.24) is 24.3 Å². The normalized spacial score (nSPS) is 27.1. The third kappa shape index (κ3) is 3.72. The predicted molar refractivity (Wildman–Crippen MR) is 95.8 cm³/mol. The summed E-state index contributed by atoms with van der Waals surface area (Å²) in [4.78, 5) is 23.4. The number of imidazole rings is 1. The summed E-state index contributed by atoms with van der Waals surface area (Å²) in [6, 6.07) is 0.178. The molecule has 0 aromatic carbocycles. The average molecular weight is 363 g/mol. The second kappa shape index (κ2) is 7.94. The SMILES string of the molecule is CCn1ccnc1CN1C[C@@H]2OC(=O)N(CCCN3CCOCC3)[C@@H]2C1. The van der Waals surface area contributed by atoms with Crippen molar-refractivity contribution in [3.05, 3.63) is 18.2 Å². The van der Waals surface area contributed by atoms with Gasteiger partial charge in [0.1, 0.15) is 11.9 Å². The number of carbonyl (C=O) groups is 1.